The zero-order valence-electron chi connectivity index (χ0n) is 6.53. The Kier molecular flexibility index (Phi) is 1.33. The van der Waals surface area contributed by atoms with Crippen LogP contribution < -0.4 is 22.0 Å². The summed E-state index contributed by atoms with van der Waals surface area (Å²) in [5, 5.41) is 0.174. The van der Waals surface area contributed by atoms with Gasteiger partial charge in [-0.25, -0.2) is 0 Å². The van der Waals surface area contributed by atoms with E-state index >= 15 is 0 Å². The molecule has 0 aliphatic rings. The van der Waals surface area contributed by atoms with Crippen molar-refractivity contribution < 1.29 is 0 Å². The van der Waals surface area contributed by atoms with Crippen LogP contribution in [0.2, 0.25) is 0 Å². The first-order valence-corrected chi connectivity index (χ1v) is 3.65. The topological polar surface area (TPSA) is 77.2 Å². The first-order valence-electron chi connectivity index (χ1n) is 3.65. The molecule has 64 valence electrons. The van der Waals surface area contributed by atoms with Crippen molar-refractivity contribution in [2.45, 2.75) is 0 Å². The van der Waals surface area contributed by atoms with Crippen LogP contribution in [0.1, 0.15) is 0 Å². The molecular weight excluding hydrogens is 170 g/mol. The van der Waals surface area contributed by atoms with Gasteiger partial charge < -0.3 is 5.73 Å². The second kappa shape index (κ2) is 2.26. The highest BCUT2D eigenvalue weighted by atomic mass is 16.2. The van der Waals surface area contributed by atoms with Gasteiger partial charge in [0.25, 0.3) is 5.43 Å². The van der Waals surface area contributed by atoms with Crippen molar-refractivity contribution in [3.05, 3.63) is 48.9 Å². The van der Waals surface area contributed by atoms with Crippen LogP contribution in [0.5, 0.6) is 0 Å². The maximum atomic E-state index is 11.2. The molecule has 2 aromatic carbocycles. The van der Waals surface area contributed by atoms with E-state index in [0.29, 0.717) is 0 Å². The van der Waals surface area contributed by atoms with Crippen LogP contribution in [-0.2, 0) is 0 Å². The van der Waals surface area contributed by atoms with Gasteiger partial charge >= 0.3 is 0 Å². The number of rotatable bonds is 0. The fourth-order valence-corrected chi connectivity index (χ4v) is 1.35. The fraction of sp³-hybridized carbons (Fsp3) is 0. The van der Waals surface area contributed by atoms with Crippen molar-refractivity contribution in [3.8, 4) is 0 Å². The van der Waals surface area contributed by atoms with E-state index in [1.54, 1.807) is 0 Å². The average Bonchev–Trinajstić information content (AvgIpc) is 2.33. The summed E-state index contributed by atoms with van der Waals surface area (Å²) in [7, 11) is 0. The molecular formula is C9H5NO3. The molecule has 0 aromatic heterocycles. The zero-order chi connectivity index (χ0) is 9.59. The van der Waals surface area contributed by atoms with Crippen molar-refractivity contribution in [1.29, 1.82) is 0 Å². The summed E-state index contributed by atoms with van der Waals surface area (Å²) in [6.45, 7) is 0. The van der Waals surface area contributed by atoms with E-state index in [9.17, 15) is 14.4 Å². The number of nitrogen functional groups attached to an aromatic ring is 1. The van der Waals surface area contributed by atoms with Crippen LogP contribution in [-0.4, -0.2) is 0 Å². The minimum Gasteiger partial charge on any atom is -0.398 e. The van der Waals surface area contributed by atoms with E-state index in [1.807, 2.05) is 0 Å². The Hall–Kier alpha value is -1.97. The second-order valence-electron chi connectivity index (χ2n) is 2.76. The standard InChI is InChI=1S/C9H5NO3/c10-5-3-1-2-4-6(5)8(12)9(13)7(4)11/h1-3H,10H2. The average molecular weight is 175 g/mol. The summed E-state index contributed by atoms with van der Waals surface area (Å²) in [6, 6.07) is 4.46. The molecule has 0 saturated heterocycles. The number of hydrogen-bond acceptors (Lipinski definition) is 4. The van der Waals surface area contributed by atoms with Gasteiger partial charge in [0.05, 0.1) is 5.39 Å². The molecule has 0 bridgehead atoms. The van der Waals surface area contributed by atoms with Crippen LogP contribution in [0.15, 0.2) is 32.6 Å². The lowest BCUT2D eigenvalue weighted by Gasteiger charge is -1.91. The summed E-state index contributed by atoms with van der Waals surface area (Å²) in [5.41, 5.74) is 3.10. The lowest BCUT2D eigenvalue weighted by atomic mass is 10.2. The number of benzene rings is 1. The highest BCUT2D eigenvalue weighted by Gasteiger charge is 2.13. The van der Waals surface area contributed by atoms with Gasteiger partial charge in [-0.3, -0.25) is 14.4 Å². The van der Waals surface area contributed by atoms with Crippen LogP contribution in [0.25, 0.3) is 10.8 Å². The molecule has 0 amide bonds. The molecule has 0 aliphatic carbocycles. The predicted octanol–water partition coefficient (Wildman–Crippen LogP) is -0.622. The SMILES string of the molecule is Nc1cccc2c(=O)c(=O)c(=O)c12. The van der Waals surface area contributed by atoms with Gasteiger partial charge in [0.1, 0.15) is 0 Å². The van der Waals surface area contributed by atoms with E-state index in [-0.39, 0.29) is 16.5 Å². The zero-order valence-corrected chi connectivity index (χ0v) is 6.53. The number of nitrogens with two attached hydrogens (primary N) is 1. The molecule has 4 nitrogen and oxygen atoms in total. The van der Waals surface area contributed by atoms with Crippen LogP contribution in [0, 0.1) is 0 Å². The maximum Gasteiger partial charge on any atom is 0.274 e. The van der Waals surface area contributed by atoms with Crippen molar-refractivity contribution in [2.75, 3.05) is 5.73 Å². The summed E-state index contributed by atoms with van der Waals surface area (Å²) in [5.74, 6) is 0. The summed E-state index contributed by atoms with van der Waals surface area (Å²) in [6.07, 6.45) is 0. The Morgan fingerprint density at radius 1 is 0.923 bits per heavy atom. The highest BCUT2D eigenvalue weighted by Crippen LogP contribution is 2.12. The molecule has 2 aromatic rings. The number of fused-ring (bicyclic) bond motifs is 1. The van der Waals surface area contributed by atoms with Gasteiger partial charge in [0.15, 0.2) is 0 Å². The van der Waals surface area contributed by atoms with Gasteiger partial charge in [-0.1, -0.05) is 12.1 Å². The number of anilines is 1. The van der Waals surface area contributed by atoms with E-state index in [4.69, 9.17) is 5.73 Å². The van der Waals surface area contributed by atoms with Crippen LogP contribution in [0.3, 0.4) is 0 Å². The molecule has 0 unspecified atom stereocenters. The molecule has 0 fully saturated rings. The largest absolute Gasteiger partial charge is 0.398 e. The van der Waals surface area contributed by atoms with E-state index in [0.717, 1.165) is 0 Å². The molecule has 0 heterocycles. The van der Waals surface area contributed by atoms with Gasteiger partial charge in [-0.2, -0.15) is 0 Å². The first kappa shape index (κ1) is 7.67. The monoisotopic (exact) mass is 175 g/mol. The third-order valence-electron chi connectivity index (χ3n) is 1.98. The fourth-order valence-electron chi connectivity index (χ4n) is 1.35. The molecule has 4 heteroatoms. The summed E-state index contributed by atoms with van der Waals surface area (Å²) >= 11 is 0. The second-order valence-corrected chi connectivity index (χ2v) is 2.76. The Morgan fingerprint density at radius 2 is 1.62 bits per heavy atom. The Labute approximate surface area is 71.9 Å². The molecule has 0 atom stereocenters. The summed E-state index contributed by atoms with van der Waals surface area (Å²) < 4.78 is 0. The Bertz CT molecular complexity index is 621. The molecule has 0 aliphatic heterocycles. The lowest BCUT2D eigenvalue weighted by Crippen LogP contribution is -2.29. The normalized spacial score (nSPS) is 10.8. The van der Waals surface area contributed by atoms with Crippen molar-refractivity contribution in [1.82, 2.24) is 0 Å². The number of hydrogen-bond donors (Lipinski definition) is 1. The lowest BCUT2D eigenvalue weighted by molar-refractivity contribution is 1.56. The van der Waals surface area contributed by atoms with Gasteiger partial charge in [-0.15, -0.1) is 0 Å². The van der Waals surface area contributed by atoms with E-state index < -0.39 is 16.3 Å². The molecule has 0 saturated carbocycles. The van der Waals surface area contributed by atoms with E-state index in [2.05, 4.69) is 0 Å². The van der Waals surface area contributed by atoms with E-state index in [1.165, 1.54) is 18.2 Å². The predicted molar refractivity (Wildman–Crippen MR) is 49.5 cm³/mol. The molecule has 0 radical (unpaired) electrons. The third-order valence-corrected chi connectivity index (χ3v) is 1.98. The molecule has 2 rings (SSSR count). The molecule has 13 heavy (non-hydrogen) atoms. The minimum absolute atomic E-state index is 0.0532. The Morgan fingerprint density at radius 3 is 2.23 bits per heavy atom. The molecule has 2 N–H and O–H groups in total. The van der Waals surface area contributed by atoms with Crippen molar-refractivity contribution >= 4 is 16.5 Å². The smallest absolute Gasteiger partial charge is 0.274 e. The van der Waals surface area contributed by atoms with Crippen LogP contribution >= 0.6 is 0 Å². The Balaban J connectivity index is 3.33. The van der Waals surface area contributed by atoms with Gasteiger partial charge in [-0.05, 0) is 6.07 Å². The van der Waals surface area contributed by atoms with Crippen LogP contribution in [0.4, 0.5) is 5.69 Å². The van der Waals surface area contributed by atoms with Gasteiger partial charge in [0, 0.05) is 11.1 Å². The summed E-state index contributed by atoms with van der Waals surface area (Å²) in [4.78, 5) is 33.3. The maximum absolute atomic E-state index is 11.2. The third kappa shape index (κ3) is 0.823. The highest BCUT2D eigenvalue weighted by molar-refractivity contribution is 5.93. The quantitative estimate of drug-likeness (QED) is 0.427. The minimum atomic E-state index is -0.993. The molecule has 0 spiro atoms. The first-order chi connectivity index (χ1) is 6.13. The van der Waals surface area contributed by atoms with Crippen molar-refractivity contribution in [3.63, 3.8) is 0 Å². The van der Waals surface area contributed by atoms with Gasteiger partial charge in [0.2, 0.25) is 10.9 Å². The van der Waals surface area contributed by atoms with Crippen molar-refractivity contribution in [2.24, 2.45) is 0 Å².